The normalized spacial score (nSPS) is 26.0. The largest absolute Gasteiger partial charge is 0.399 e. The number of nitrogens with zero attached hydrogens (tertiary/aromatic N) is 2. The zero-order valence-corrected chi connectivity index (χ0v) is 14.2. The van der Waals surface area contributed by atoms with Gasteiger partial charge in [0.25, 0.3) is 5.91 Å². The number of ether oxygens (including phenoxy) is 1. The minimum atomic E-state index is -0.0380. The number of hydrogen-bond donors (Lipinski definition) is 2. The lowest BCUT2D eigenvalue weighted by molar-refractivity contribution is -0.128. The van der Waals surface area contributed by atoms with Crippen LogP contribution in [0.15, 0.2) is 23.9 Å². The van der Waals surface area contributed by atoms with Crippen LogP contribution in [-0.2, 0) is 14.3 Å². The summed E-state index contributed by atoms with van der Waals surface area (Å²) in [6, 6.07) is 5.55. The summed E-state index contributed by atoms with van der Waals surface area (Å²) in [6.07, 6.45) is 0.779. The van der Waals surface area contributed by atoms with Gasteiger partial charge in [0, 0.05) is 37.8 Å². The van der Waals surface area contributed by atoms with E-state index in [9.17, 15) is 9.59 Å². The van der Waals surface area contributed by atoms with Crippen LogP contribution in [0.1, 0.15) is 18.9 Å². The number of carbonyl (C=O) groups excluding carboxylic acids is 2. The fourth-order valence-corrected chi connectivity index (χ4v) is 3.86. The summed E-state index contributed by atoms with van der Waals surface area (Å²) in [7, 11) is 0. The van der Waals surface area contributed by atoms with E-state index >= 15 is 0 Å². The Morgan fingerprint density at radius 2 is 2.24 bits per heavy atom. The van der Waals surface area contributed by atoms with E-state index in [1.807, 2.05) is 23.1 Å². The first kappa shape index (κ1) is 16.0. The number of nitrogens with one attached hydrogen (secondary N) is 1. The molecule has 3 aliphatic heterocycles. The number of carbonyl (C=O) groups is 2. The quantitative estimate of drug-likeness (QED) is 0.575. The van der Waals surface area contributed by atoms with Gasteiger partial charge < -0.3 is 25.6 Å². The third-order valence-electron chi connectivity index (χ3n) is 5.09. The van der Waals surface area contributed by atoms with Gasteiger partial charge in [-0.25, -0.2) is 0 Å². The van der Waals surface area contributed by atoms with Gasteiger partial charge in [0.15, 0.2) is 0 Å². The first-order valence-corrected chi connectivity index (χ1v) is 8.60. The molecule has 0 aromatic heterocycles. The van der Waals surface area contributed by atoms with E-state index in [1.165, 1.54) is 0 Å². The van der Waals surface area contributed by atoms with Gasteiger partial charge >= 0.3 is 0 Å². The fraction of sp³-hybridized carbons (Fsp3) is 0.444. The monoisotopic (exact) mass is 342 g/mol. The Kier molecular flexibility index (Phi) is 3.88. The lowest BCUT2D eigenvalue weighted by atomic mass is 10.0. The topological polar surface area (TPSA) is 87.9 Å². The van der Waals surface area contributed by atoms with Crippen molar-refractivity contribution in [2.75, 3.05) is 43.5 Å². The lowest BCUT2D eigenvalue weighted by Gasteiger charge is -2.25. The molecule has 0 aliphatic carbocycles. The second-order valence-electron chi connectivity index (χ2n) is 6.69. The van der Waals surface area contributed by atoms with Crippen molar-refractivity contribution in [3.8, 4) is 0 Å². The van der Waals surface area contributed by atoms with E-state index in [0.29, 0.717) is 44.1 Å². The van der Waals surface area contributed by atoms with Crippen LogP contribution < -0.4 is 16.0 Å². The highest BCUT2D eigenvalue weighted by molar-refractivity contribution is 6.33. The molecule has 3 N–H and O–H groups in total. The molecule has 0 radical (unpaired) electrons. The van der Waals surface area contributed by atoms with Crippen molar-refractivity contribution in [2.45, 2.75) is 19.4 Å². The van der Waals surface area contributed by atoms with Gasteiger partial charge in [0.05, 0.1) is 36.2 Å². The number of fused-ring (bicyclic) bond motifs is 1. The number of amides is 2. The Hall–Kier alpha value is -2.54. The molecule has 7 heteroatoms. The van der Waals surface area contributed by atoms with Crippen molar-refractivity contribution in [3.05, 3.63) is 29.5 Å². The third-order valence-corrected chi connectivity index (χ3v) is 5.09. The molecule has 25 heavy (non-hydrogen) atoms. The smallest absolute Gasteiger partial charge is 0.261 e. The maximum absolute atomic E-state index is 13.3. The average molecular weight is 342 g/mol. The van der Waals surface area contributed by atoms with Gasteiger partial charge in [-0.3, -0.25) is 9.59 Å². The molecule has 0 bridgehead atoms. The van der Waals surface area contributed by atoms with Crippen LogP contribution in [0.4, 0.5) is 11.4 Å². The Bertz CT molecular complexity index is 766. The van der Waals surface area contributed by atoms with E-state index in [4.69, 9.17) is 10.5 Å². The molecule has 2 fully saturated rings. The first-order chi connectivity index (χ1) is 12.1. The summed E-state index contributed by atoms with van der Waals surface area (Å²) < 4.78 is 5.52. The zero-order chi connectivity index (χ0) is 17.6. The fourth-order valence-electron chi connectivity index (χ4n) is 3.86. The molecule has 3 aliphatic rings. The van der Waals surface area contributed by atoms with Crippen molar-refractivity contribution < 1.29 is 14.3 Å². The number of likely N-dealkylation sites (tertiary alicyclic amines) is 1. The molecular formula is C18H22N4O3. The predicted molar refractivity (Wildman–Crippen MR) is 94.7 cm³/mol. The molecule has 0 saturated carbocycles. The average Bonchev–Trinajstić information content (AvgIpc) is 3.17. The Labute approximate surface area is 146 Å². The molecule has 3 heterocycles. The molecule has 1 aromatic carbocycles. The van der Waals surface area contributed by atoms with Crippen LogP contribution in [-0.4, -0.2) is 55.6 Å². The number of nitrogen functional groups attached to an aromatic ring is 1. The number of benzene rings is 1. The molecule has 132 valence electrons. The van der Waals surface area contributed by atoms with E-state index in [1.54, 1.807) is 11.8 Å². The maximum Gasteiger partial charge on any atom is 0.261 e. The van der Waals surface area contributed by atoms with E-state index < -0.39 is 0 Å². The molecule has 4 rings (SSSR count). The van der Waals surface area contributed by atoms with Crippen LogP contribution in [0.3, 0.4) is 0 Å². The molecule has 7 nitrogen and oxygen atoms in total. The number of morpholine rings is 1. The van der Waals surface area contributed by atoms with E-state index in [0.717, 1.165) is 23.4 Å². The predicted octanol–water partition coefficient (Wildman–Crippen LogP) is 0.567. The van der Waals surface area contributed by atoms with Crippen molar-refractivity contribution in [3.63, 3.8) is 0 Å². The Balaban J connectivity index is 1.75. The van der Waals surface area contributed by atoms with Crippen molar-refractivity contribution >= 4 is 28.8 Å². The van der Waals surface area contributed by atoms with Gasteiger partial charge in [0.2, 0.25) is 5.91 Å². The van der Waals surface area contributed by atoms with Gasteiger partial charge in [-0.05, 0) is 24.6 Å². The van der Waals surface area contributed by atoms with Gasteiger partial charge in [0.1, 0.15) is 0 Å². The second kappa shape index (κ2) is 6.07. The third kappa shape index (κ3) is 2.64. The molecule has 0 spiro atoms. The summed E-state index contributed by atoms with van der Waals surface area (Å²) in [5, 5.41) is 3.29. The molecule has 2 saturated heterocycles. The van der Waals surface area contributed by atoms with Crippen molar-refractivity contribution in [1.29, 1.82) is 0 Å². The first-order valence-electron chi connectivity index (χ1n) is 8.60. The van der Waals surface area contributed by atoms with Crippen molar-refractivity contribution in [1.82, 2.24) is 10.2 Å². The molecule has 1 atom stereocenters. The second-order valence-corrected chi connectivity index (χ2v) is 6.69. The Morgan fingerprint density at radius 1 is 1.40 bits per heavy atom. The summed E-state index contributed by atoms with van der Waals surface area (Å²) in [5.74, 6) is 0.0107. The van der Waals surface area contributed by atoms with Gasteiger partial charge in [-0.2, -0.15) is 0 Å². The minimum absolute atomic E-state index is 0.0126. The highest BCUT2D eigenvalue weighted by atomic mass is 16.5. The number of nitrogens with two attached hydrogens (primary N) is 1. The maximum atomic E-state index is 13.3. The van der Waals surface area contributed by atoms with E-state index in [-0.39, 0.29) is 17.9 Å². The summed E-state index contributed by atoms with van der Waals surface area (Å²) >= 11 is 0. The Morgan fingerprint density at radius 3 is 2.92 bits per heavy atom. The molecule has 1 aromatic rings. The number of rotatable bonds is 1. The summed E-state index contributed by atoms with van der Waals surface area (Å²) in [4.78, 5) is 28.5. The van der Waals surface area contributed by atoms with Crippen LogP contribution in [0.5, 0.6) is 0 Å². The van der Waals surface area contributed by atoms with Gasteiger partial charge in [-0.1, -0.05) is 0 Å². The van der Waals surface area contributed by atoms with Crippen LogP contribution in [0.2, 0.25) is 0 Å². The van der Waals surface area contributed by atoms with Crippen LogP contribution in [0.25, 0.3) is 5.57 Å². The minimum Gasteiger partial charge on any atom is -0.399 e. The molecule has 0 unspecified atom stereocenters. The number of hydrogen-bond acceptors (Lipinski definition) is 5. The van der Waals surface area contributed by atoms with Crippen molar-refractivity contribution in [2.24, 2.45) is 0 Å². The molecule has 2 amide bonds. The number of anilines is 2. The zero-order valence-electron chi connectivity index (χ0n) is 14.2. The molecular weight excluding hydrogens is 320 g/mol. The van der Waals surface area contributed by atoms with Crippen LogP contribution >= 0.6 is 0 Å². The van der Waals surface area contributed by atoms with Gasteiger partial charge in [-0.15, -0.1) is 0 Å². The van der Waals surface area contributed by atoms with E-state index in [2.05, 4.69) is 5.32 Å². The van der Waals surface area contributed by atoms with Crippen LogP contribution in [0, 0.1) is 0 Å². The lowest BCUT2D eigenvalue weighted by Crippen LogP contribution is -2.41. The SMILES string of the molecule is CC(=O)N1CC[C@H](N2C(=O)/C(=C3/COCCN3)c3cc(N)ccc32)C1. The summed E-state index contributed by atoms with van der Waals surface area (Å²) in [6.45, 7) is 4.53. The standard InChI is InChI=1S/C18H22N4O3/c1-11(23)21-6-4-13(9-21)22-16-3-2-12(19)8-14(16)17(18(22)24)15-10-25-7-5-20-15/h2-3,8,13,20H,4-7,9-10,19H2,1H3/b17-15-/t13-/m0/s1. The highest BCUT2D eigenvalue weighted by Gasteiger charge is 2.41. The highest BCUT2D eigenvalue weighted by Crippen LogP contribution is 2.41. The summed E-state index contributed by atoms with van der Waals surface area (Å²) in [5.41, 5.74) is 9.76.